The summed E-state index contributed by atoms with van der Waals surface area (Å²) in [5.41, 5.74) is 0. The summed E-state index contributed by atoms with van der Waals surface area (Å²) in [7, 11) is 1.99. The highest BCUT2D eigenvalue weighted by Crippen LogP contribution is 2.19. The van der Waals surface area contributed by atoms with Crippen molar-refractivity contribution in [2.45, 2.75) is 38.6 Å². The summed E-state index contributed by atoms with van der Waals surface area (Å²) >= 11 is 0. The first-order valence-electron chi connectivity index (χ1n) is 5.92. The average molecular weight is 196 g/mol. The lowest BCUT2D eigenvalue weighted by Crippen LogP contribution is -2.38. The molecule has 0 aliphatic carbocycles. The lowest BCUT2D eigenvalue weighted by molar-refractivity contribution is 0.157. The number of piperidine rings is 1. The smallest absolute Gasteiger partial charge is 0.0131 e. The molecule has 82 valence electrons. The van der Waals surface area contributed by atoms with Gasteiger partial charge in [0.25, 0.3) is 0 Å². The summed E-state index contributed by atoms with van der Waals surface area (Å²) in [6.07, 6.45) is 10.00. The molecule has 0 amide bonds. The third-order valence-corrected chi connectivity index (χ3v) is 3.05. The Labute approximate surface area is 88.4 Å². The van der Waals surface area contributed by atoms with E-state index in [1.54, 1.807) is 0 Å². The standard InChI is InChI=1S/C12H24N2/c1-3-14-11-7-5-9-12(14)8-4-6-10-13-2/h4,6,12-13H,3,5,7-11H2,1-2H3/b6-4-. The first-order chi connectivity index (χ1) is 6.88. The number of nitrogens with zero attached hydrogens (tertiary/aromatic N) is 1. The van der Waals surface area contributed by atoms with E-state index in [-0.39, 0.29) is 0 Å². The minimum atomic E-state index is 0.807. The predicted molar refractivity (Wildman–Crippen MR) is 62.6 cm³/mol. The summed E-state index contributed by atoms with van der Waals surface area (Å²) in [4.78, 5) is 2.62. The van der Waals surface area contributed by atoms with E-state index >= 15 is 0 Å². The van der Waals surface area contributed by atoms with Gasteiger partial charge in [-0.15, -0.1) is 0 Å². The van der Waals surface area contributed by atoms with E-state index in [2.05, 4.69) is 29.3 Å². The molecule has 14 heavy (non-hydrogen) atoms. The van der Waals surface area contributed by atoms with Gasteiger partial charge in [-0.3, -0.25) is 0 Å². The van der Waals surface area contributed by atoms with E-state index in [1.165, 1.54) is 38.8 Å². The summed E-state index contributed by atoms with van der Waals surface area (Å²) in [5, 5.41) is 3.13. The van der Waals surface area contributed by atoms with Crippen molar-refractivity contribution < 1.29 is 0 Å². The van der Waals surface area contributed by atoms with E-state index in [1.807, 2.05) is 7.05 Å². The highest BCUT2D eigenvalue weighted by atomic mass is 15.2. The minimum Gasteiger partial charge on any atom is -0.316 e. The molecule has 1 N–H and O–H groups in total. The van der Waals surface area contributed by atoms with Crippen LogP contribution in [0.2, 0.25) is 0 Å². The van der Waals surface area contributed by atoms with Crippen molar-refractivity contribution in [1.82, 2.24) is 10.2 Å². The number of hydrogen-bond acceptors (Lipinski definition) is 2. The van der Waals surface area contributed by atoms with E-state index in [9.17, 15) is 0 Å². The maximum Gasteiger partial charge on any atom is 0.0131 e. The third-order valence-electron chi connectivity index (χ3n) is 3.05. The third kappa shape index (κ3) is 3.81. The fourth-order valence-corrected chi connectivity index (χ4v) is 2.20. The number of rotatable bonds is 5. The maximum atomic E-state index is 3.13. The van der Waals surface area contributed by atoms with Gasteiger partial charge in [-0.05, 0) is 39.4 Å². The zero-order valence-corrected chi connectivity index (χ0v) is 9.63. The van der Waals surface area contributed by atoms with Gasteiger partial charge in [0.15, 0.2) is 0 Å². The predicted octanol–water partition coefficient (Wildman–Crippen LogP) is 2.03. The molecule has 1 fully saturated rings. The molecular formula is C12H24N2. The lowest BCUT2D eigenvalue weighted by atomic mass is 9.99. The number of likely N-dealkylation sites (N-methyl/N-ethyl adjacent to an activating group) is 1. The maximum absolute atomic E-state index is 3.13. The van der Waals surface area contributed by atoms with Crippen LogP contribution in [-0.2, 0) is 0 Å². The molecule has 1 aliphatic rings. The molecule has 2 nitrogen and oxygen atoms in total. The van der Waals surface area contributed by atoms with Crippen molar-refractivity contribution >= 4 is 0 Å². The summed E-state index contributed by atoms with van der Waals surface area (Å²) in [5.74, 6) is 0. The van der Waals surface area contributed by atoms with Crippen molar-refractivity contribution in [1.29, 1.82) is 0 Å². The number of hydrogen-bond donors (Lipinski definition) is 1. The van der Waals surface area contributed by atoms with Crippen LogP contribution in [0, 0.1) is 0 Å². The normalized spacial score (nSPS) is 24.6. The van der Waals surface area contributed by atoms with Gasteiger partial charge in [0, 0.05) is 12.6 Å². The second-order valence-electron chi connectivity index (χ2n) is 4.04. The Hall–Kier alpha value is -0.340. The Morgan fingerprint density at radius 1 is 1.36 bits per heavy atom. The fourth-order valence-electron chi connectivity index (χ4n) is 2.20. The Balaban J connectivity index is 2.26. The molecule has 2 heteroatoms. The molecule has 1 aliphatic heterocycles. The van der Waals surface area contributed by atoms with E-state index in [0.29, 0.717) is 0 Å². The molecule has 1 heterocycles. The van der Waals surface area contributed by atoms with Crippen LogP contribution in [0.1, 0.15) is 32.6 Å². The SMILES string of the molecule is CCN1CCCCC1C/C=C\CNC. The molecule has 1 rings (SSSR count). The highest BCUT2D eigenvalue weighted by molar-refractivity contribution is 4.89. The molecule has 1 saturated heterocycles. The Morgan fingerprint density at radius 3 is 2.93 bits per heavy atom. The first-order valence-corrected chi connectivity index (χ1v) is 5.92. The van der Waals surface area contributed by atoms with Crippen LogP contribution in [0.3, 0.4) is 0 Å². The van der Waals surface area contributed by atoms with Gasteiger partial charge < -0.3 is 10.2 Å². The fraction of sp³-hybridized carbons (Fsp3) is 0.833. The number of likely N-dealkylation sites (tertiary alicyclic amines) is 1. The van der Waals surface area contributed by atoms with Gasteiger partial charge in [-0.1, -0.05) is 25.5 Å². The molecule has 0 aromatic heterocycles. The average Bonchev–Trinajstić information content (AvgIpc) is 2.25. The van der Waals surface area contributed by atoms with Gasteiger partial charge in [0.05, 0.1) is 0 Å². The summed E-state index contributed by atoms with van der Waals surface area (Å²) in [6.45, 7) is 5.79. The van der Waals surface area contributed by atoms with Crippen LogP contribution < -0.4 is 5.32 Å². The van der Waals surface area contributed by atoms with Crippen molar-refractivity contribution in [3.63, 3.8) is 0 Å². The van der Waals surface area contributed by atoms with Crippen LogP contribution in [0.4, 0.5) is 0 Å². The Bertz CT molecular complexity index is 166. The first kappa shape index (κ1) is 11.7. The van der Waals surface area contributed by atoms with Crippen LogP contribution in [-0.4, -0.2) is 37.6 Å². The zero-order valence-electron chi connectivity index (χ0n) is 9.63. The van der Waals surface area contributed by atoms with E-state index in [4.69, 9.17) is 0 Å². The second kappa shape index (κ2) is 7.02. The zero-order chi connectivity index (χ0) is 10.2. The van der Waals surface area contributed by atoms with E-state index < -0.39 is 0 Å². The molecule has 0 aromatic rings. The highest BCUT2D eigenvalue weighted by Gasteiger charge is 2.18. The van der Waals surface area contributed by atoms with Gasteiger partial charge >= 0.3 is 0 Å². The van der Waals surface area contributed by atoms with Gasteiger partial charge in [0.2, 0.25) is 0 Å². The van der Waals surface area contributed by atoms with E-state index in [0.717, 1.165) is 12.6 Å². The molecule has 0 radical (unpaired) electrons. The van der Waals surface area contributed by atoms with Gasteiger partial charge in [-0.25, -0.2) is 0 Å². The Kier molecular flexibility index (Phi) is 5.88. The van der Waals surface area contributed by atoms with Crippen molar-refractivity contribution in [3.05, 3.63) is 12.2 Å². The van der Waals surface area contributed by atoms with Crippen molar-refractivity contribution in [2.24, 2.45) is 0 Å². The van der Waals surface area contributed by atoms with Crippen LogP contribution in [0.5, 0.6) is 0 Å². The Morgan fingerprint density at radius 2 is 2.21 bits per heavy atom. The molecule has 0 aromatic carbocycles. The monoisotopic (exact) mass is 196 g/mol. The van der Waals surface area contributed by atoms with Crippen LogP contribution in [0.15, 0.2) is 12.2 Å². The quantitative estimate of drug-likeness (QED) is 0.677. The van der Waals surface area contributed by atoms with Crippen molar-refractivity contribution in [2.75, 3.05) is 26.7 Å². The second-order valence-corrected chi connectivity index (χ2v) is 4.04. The molecule has 0 spiro atoms. The summed E-state index contributed by atoms with van der Waals surface area (Å²) in [6, 6.07) is 0.807. The molecule has 0 saturated carbocycles. The molecule has 0 bridgehead atoms. The summed E-state index contributed by atoms with van der Waals surface area (Å²) < 4.78 is 0. The largest absolute Gasteiger partial charge is 0.316 e. The number of nitrogens with one attached hydrogen (secondary N) is 1. The van der Waals surface area contributed by atoms with Crippen LogP contribution >= 0.6 is 0 Å². The molecule has 1 unspecified atom stereocenters. The molecular weight excluding hydrogens is 172 g/mol. The lowest BCUT2D eigenvalue weighted by Gasteiger charge is -2.34. The van der Waals surface area contributed by atoms with Crippen LogP contribution in [0.25, 0.3) is 0 Å². The van der Waals surface area contributed by atoms with Crippen molar-refractivity contribution in [3.8, 4) is 0 Å². The molecule has 1 atom stereocenters. The topological polar surface area (TPSA) is 15.3 Å². The minimum absolute atomic E-state index is 0.807. The van der Waals surface area contributed by atoms with Gasteiger partial charge in [0.1, 0.15) is 0 Å². The van der Waals surface area contributed by atoms with Gasteiger partial charge in [-0.2, -0.15) is 0 Å².